The molecule has 45 heavy (non-hydrogen) atoms. The number of nitrogens with one attached hydrogen (secondary N) is 1. The van der Waals surface area contributed by atoms with Crippen LogP contribution >= 0.6 is 11.6 Å². The maximum atomic E-state index is 13.0. The Morgan fingerprint density at radius 1 is 0.889 bits per heavy atom. The summed E-state index contributed by atoms with van der Waals surface area (Å²) in [7, 11) is 0. The molecule has 5 rings (SSSR count). The van der Waals surface area contributed by atoms with Crippen LogP contribution < -0.4 is 19.5 Å². The molecule has 0 saturated carbocycles. The van der Waals surface area contributed by atoms with E-state index in [2.05, 4.69) is 29.6 Å². The molecule has 5 aromatic rings. The number of ether oxygens (including phenoxy) is 3. The van der Waals surface area contributed by atoms with Crippen molar-refractivity contribution in [1.29, 1.82) is 5.26 Å². The molecule has 1 N–H and O–H groups in total. The Hall–Kier alpha value is -5.25. The quantitative estimate of drug-likeness (QED) is 0.118. The molecule has 0 saturated heterocycles. The third kappa shape index (κ3) is 7.83. The minimum absolute atomic E-state index is 0.0896. The van der Waals surface area contributed by atoms with Gasteiger partial charge in [-0.3, -0.25) is 4.79 Å². The number of halogens is 1. The fourth-order valence-corrected chi connectivity index (χ4v) is 5.13. The highest BCUT2D eigenvalue weighted by molar-refractivity contribution is 6.32. The number of benzene rings is 5. The molecule has 0 aliphatic carbocycles. The van der Waals surface area contributed by atoms with E-state index < -0.39 is 5.91 Å². The SMILES string of the molecule is CCOc1cc(/C=C(\C#N)C(=O)Nc2ccc(OCc3ccc(C)cc3)cc2)cc(Cl)c1OCc1c(C)ccc2ccccc12. The van der Waals surface area contributed by atoms with Crippen molar-refractivity contribution in [3.05, 3.63) is 135 Å². The van der Waals surface area contributed by atoms with E-state index in [1.54, 1.807) is 36.4 Å². The minimum Gasteiger partial charge on any atom is -0.490 e. The van der Waals surface area contributed by atoms with Gasteiger partial charge in [-0.2, -0.15) is 5.26 Å². The summed E-state index contributed by atoms with van der Waals surface area (Å²) in [5, 5.41) is 15.1. The van der Waals surface area contributed by atoms with Gasteiger partial charge in [-0.15, -0.1) is 0 Å². The number of nitriles is 1. The molecule has 0 aromatic heterocycles. The third-order valence-corrected chi connectivity index (χ3v) is 7.56. The zero-order valence-corrected chi connectivity index (χ0v) is 26.2. The number of amides is 1. The van der Waals surface area contributed by atoms with Crippen LogP contribution in [0, 0.1) is 25.2 Å². The Bertz CT molecular complexity index is 1890. The van der Waals surface area contributed by atoms with Crippen LogP contribution in [-0.2, 0) is 18.0 Å². The number of rotatable bonds is 11. The summed E-state index contributed by atoms with van der Waals surface area (Å²) in [6.45, 7) is 7.06. The molecule has 0 spiro atoms. The largest absolute Gasteiger partial charge is 0.490 e. The Balaban J connectivity index is 1.29. The predicted octanol–water partition coefficient (Wildman–Crippen LogP) is 9.21. The van der Waals surface area contributed by atoms with E-state index in [-0.39, 0.29) is 5.57 Å². The second-order valence-corrected chi connectivity index (χ2v) is 11.0. The summed E-state index contributed by atoms with van der Waals surface area (Å²) in [5.41, 5.74) is 5.40. The monoisotopic (exact) mass is 616 g/mol. The fourth-order valence-electron chi connectivity index (χ4n) is 4.85. The molecule has 0 radical (unpaired) electrons. The number of nitrogens with zero attached hydrogens (tertiary/aromatic N) is 1. The summed E-state index contributed by atoms with van der Waals surface area (Å²) < 4.78 is 17.9. The number of fused-ring (bicyclic) bond motifs is 1. The van der Waals surface area contributed by atoms with Crippen LogP contribution in [0.4, 0.5) is 5.69 Å². The lowest BCUT2D eigenvalue weighted by Gasteiger charge is -2.17. The number of hydrogen-bond donors (Lipinski definition) is 1. The van der Waals surface area contributed by atoms with Crippen molar-refractivity contribution in [2.24, 2.45) is 0 Å². The van der Waals surface area contributed by atoms with Gasteiger partial charge in [0, 0.05) is 11.3 Å². The van der Waals surface area contributed by atoms with Gasteiger partial charge in [0.05, 0.1) is 11.6 Å². The van der Waals surface area contributed by atoms with Gasteiger partial charge in [-0.05, 0) is 90.7 Å². The normalized spacial score (nSPS) is 11.1. The van der Waals surface area contributed by atoms with Gasteiger partial charge in [0.2, 0.25) is 0 Å². The molecular weight excluding hydrogens is 584 g/mol. The average molecular weight is 617 g/mol. The minimum atomic E-state index is -0.549. The summed E-state index contributed by atoms with van der Waals surface area (Å²) in [6, 6.07) is 32.8. The van der Waals surface area contributed by atoms with Crippen LogP contribution in [0.15, 0.2) is 103 Å². The molecular formula is C38H33ClN2O4. The van der Waals surface area contributed by atoms with E-state index in [9.17, 15) is 10.1 Å². The first-order valence-electron chi connectivity index (χ1n) is 14.6. The number of hydrogen-bond acceptors (Lipinski definition) is 5. The van der Waals surface area contributed by atoms with Crippen LogP contribution in [-0.4, -0.2) is 12.5 Å². The first-order chi connectivity index (χ1) is 21.8. The summed E-state index contributed by atoms with van der Waals surface area (Å²) >= 11 is 6.69. The molecule has 0 aliphatic rings. The van der Waals surface area contributed by atoms with Crippen LogP contribution in [0.25, 0.3) is 16.8 Å². The molecule has 6 nitrogen and oxygen atoms in total. The van der Waals surface area contributed by atoms with Crippen LogP contribution in [0.3, 0.4) is 0 Å². The fraction of sp³-hybridized carbons (Fsp3) is 0.158. The highest BCUT2D eigenvalue weighted by Crippen LogP contribution is 2.38. The molecule has 1 amide bonds. The lowest BCUT2D eigenvalue weighted by atomic mass is 10.0. The zero-order valence-electron chi connectivity index (χ0n) is 25.4. The second kappa shape index (κ2) is 14.5. The predicted molar refractivity (Wildman–Crippen MR) is 180 cm³/mol. The van der Waals surface area contributed by atoms with Crippen molar-refractivity contribution in [3.63, 3.8) is 0 Å². The number of carbonyl (C=O) groups excluding carboxylic acids is 1. The van der Waals surface area contributed by atoms with Crippen molar-refractivity contribution < 1.29 is 19.0 Å². The van der Waals surface area contributed by atoms with Crippen molar-refractivity contribution in [1.82, 2.24) is 0 Å². The zero-order chi connectivity index (χ0) is 31.8. The van der Waals surface area contributed by atoms with E-state index in [4.69, 9.17) is 25.8 Å². The van der Waals surface area contributed by atoms with E-state index in [1.165, 1.54) is 11.6 Å². The maximum absolute atomic E-state index is 13.0. The molecule has 0 bridgehead atoms. The first-order valence-corrected chi connectivity index (χ1v) is 15.0. The highest BCUT2D eigenvalue weighted by atomic mass is 35.5. The second-order valence-electron chi connectivity index (χ2n) is 10.6. The third-order valence-electron chi connectivity index (χ3n) is 7.28. The summed E-state index contributed by atoms with van der Waals surface area (Å²) in [5.74, 6) is 0.941. The summed E-state index contributed by atoms with van der Waals surface area (Å²) in [4.78, 5) is 13.0. The molecule has 0 unspecified atom stereocenters. The van der Waals surface area contributed by atoms with Crippen molar-refractivity contribution in [2.75, 3.05) is 11.9 Å². The lowest BCUT2D eigenvalue weighted by molar-refractivity contribution is -0.112. The van der Waals surface area contributed by atoms with Crippen LogP contribution in [0.1, 0.15) is 34.7 Å². The van der Waals surface area contributed by atoms with Gasteiger partial charge in [-0.25, -0.2) is 0 Å². The van der Waals surface area contributed by atoms with Crippen LogP contribution in [0.2, 0.25) is 5.02 Å². The molecule has 5 aromatic carbocycles. The van der Waals surface area contributed by atoms with Crippen molar-refractivity contribution >= 4 is 40.0 Å². The number of carbonyl (C=O) groups is 1. The molecule has 7 heteroatoms. The van der Waals surface area contributed by atoms with Gasteiger partial charge < -0.3 is 19.5 Å². The number of aryl methyl sites for hydroxylation is 2. The maximum Gasteiger partial charge on any atom is 0.266 e. The Morgan fingerprint density at radius 2 is 1.64 bits per heavy atom. The Labute approximate surface area is 268 Å². The van der Waals surface area contributed by atoms with E-state index in [0.717, 1.165) is 27.5 Å². The molecule has 226 valence electrons. The smallest absolute Gasteiger partial charge is 0.266 e. The molecule has 0 atom stereocenters. The van der Waals surface area contributed by atoms with Gasteiger partial charge in [0.15, 0.2) is 11.5 Å². The average Bonchev–Trinajstić information content (AvgIpc) is 3.04. The first kappa shape index (κ1) is 31.2. The highest BCUT2D eigenvalue weighted by Gasteiger charge is 2.16. The Morgan fingerprint density at radius 3 is 2.38 bits per heavy atom. The molecule has 0 fully saturated rings. The van der Waals surface area contributed by atoms with Gasteiger partial charge >= 0.3 is 0 Å². The van der Waals surface area contributed by atoms with E-state index >= 15 is 0 Å². The van der Waals surface area contributed by atoms with Gasteiger partial charge in [0.1, 0.15) is 30.6 Å². The summed E-state index contributed by atoms with van der Waals surface area (Å²) in [6.07, 6.45) is 1.47. The molecule has 0 aliphatic heterocycles. The van der Waals surface area contributed by atoms with Crippen molar-refractivity contribution in [2.45, 2.75) is 34.0 Å². The van der Waals surface area contributed by atoms with Crippen LogP contribution in [0.5, 0.6) is 17.2 Å². The standard InChI is InChI=1S/C38H33ClN2O4/c1-4-43-36-21-28(20-35(39)37(36)45-24-34-26(3)11-14-29-7-5-6-8-33(29)34)19-30(22-40)38(42)41-31-15-17-32(18-16-31)44-23-27-12-9-25(2)10-13-27/h5-21H,4,23-24H2,1-3H3,(H,41,42)/b30-19+. The lowest BCUT2D eigenvalue weighted by Crippen LogP contribution is -2.13. The van der Waals surface area contributed by atoms with Crippen molar-refractivity contribution in [3.8, 4) is 23.3 Å². The number of anilines is 1. The topological polar surface area (TPSA) is 80.6 Å². The molecule has 0 heterocycles. The van der Waals surface area contributed by atoms with Gasteiger partial charge in [0.25, 0.3) is 5.91 Å². The van der Waals surface area contributed by atoms with E-state index in [0.29, 0.717) is 53.3 Å². The van der Waals surface area contributed by atoms with Gasteiger partial charge in [-0.1, -0.05) is 77.8 Å². The Kier molecular flexibility index (Phi) is 10.0. The van der Waals surface area contributed by atoms with E-state index in [1.807, 2.05) is 63.2 Å².